The summed E-state index contributed by atoms with van der Waals surface area (Å²) in [5.41, 5.74) is 1.25. The number of allylic oxidation sites excluding steroid dienone is 1. The topological polar surface area (TPSA) is 0 Å². The summed E-state index contributed by atoms with van der Waals surface area (Å²) in [5, 5.41) is 1.01. The van der Waals surface area contributed by atoms with Crippen LogP contribution >= 0.6 is 11.6 Å². The van der Waals surface area contributed by atoms with Gasteiger partial charge >= 0.3 is 127 Å². The Hall–Kier alpha value is -1.01. The number of rotatable bonds is 5. The first-order valence-corrected chi connectivity index (χ1v) is 8.57. The Morgan fingerprint density at radius 2 is 1.53 bits per heavy atom. The number of hydrogen-bond donors (Lipinski definition) is 0. The van der Waals surface area contributed by atoms with Gasteiger partial charge in [-0.3, -0.25) is 0 Å². The maximum atomic E-state index is 6.53. The third-order valence-electron chi connectivity index (χ3n) is 2.71. The van der Waals surface area contributed by atoms with Crippen molar-refractivity contribution in [3.05, 3.63) is 71.3 Å². The molecule has 0 saturated carbocycles. The quantitative estimate of drug-likeness (QED) is 0.709. The Kier molecular flexibility index (Phi) is 5.72. The standard InChI is InChI=1S/C17H17ClSe/c1-2-9-16(18)17(14-10-5-3-6-11-14)19-15-12-7-4-8-13-15/h3-8,10-13H,2,9H2,1H3/b17-16-. The average molecular weight is 336 g/mol. The summed E-state index contributed by atoms with van der Waals surface area (Å²) in [5.74, 6) is 0. The molecule has 0 aliphatic rings. The third-order valence-corrected chi connectivity index (χ3v) is 5.85. The third kappa shape index (κ3) is 4.24. The van der Waals surface area contributed by atoms with E-state index in [1.54, 1.807) is 0 Å². The van der Waals surface area contributed by atoms with Crippen LogP contribution in [0, 0.1) is 0 Å². The first-order chi connectivity index (χ1) is 9.31. The number of hydrogen-bond acceptors (Lipinski definition) is 0. The Bertz CT molecular complexity index is 532. The van der Waals surface area contributed by atoms with Crippen LogP contribution in [0.3, 0.4) is 0 Å². The molecule has 0 spiro atoms. The van der Waals surface area contributed by atoms with Crippen molar-refractivity contribution in [1.82, 2.24) is 0 Å². The summed E-state index contributed by atoms with van der Waals surface area (Å²) in [7, 11) is 0. The van der Waals surface area contributed by atoms with Crippen LogP contribution in [0.5, 0.6) is 0 Å². The van der Waals surface area contributed by atoms with Crippen molar-refractivity contribution in [2.24, 2.45) is 0 Å². The molecule has 98 valence electrons. The monoisotopic (exact) mass is 336 g/mol. The first kappa shape index (κ1) is 14.4. The molecular weight excluding hydrogens is 319 g/mol. The molecule has 0 nitrogen and oxygen atoms in total. The second-order valence-electron chi connectivity index (χ2n) is 4.27. The van der Waals surface area contributed by atoms with Gasteiger partial charge in [0.1, 0.15) is 0 Å². The molecule has 0 N–H and O–H groups in total. The van der Waals surface area contributed by atoms with E-state index in [4.69, 9.17) is 11.6 Å². The van der Waals surface area contributed by atoms with Gasteiger partial charge in [-0.15, -0.1) is 0 Å². The van der Waals surface area contributed by atoms with Crippen LogP contribution in [0.4, 0.5) is 0 Å². The summed E-state index contributed by atoms with van der Waals surface area (Å²) < 4.78 is 2.67. The average Bonchev–Trinajstić information content (AvgIpc) is 2.47. The van der Waals surface area contributed by atoms with Crippen LogP contribution < -0.4 is 4.46 Å². The Morgan fingerprint density at radius 3 is 2.11 bits per heavy atom. The SMILES string of the molecule is CCC/C(Cl)=C(/[Se]c1ccccc1)c1ccccc1. The molecule has 19 heavy (non-hydrogen) atoms. The molecule has 0 atom stereocenters. The molecule has 0 radical (unpaired) electrons. The zero-order valence-electron chi connectivity index (χ0n) is 11.0. The maximum absolute atomic E-state index is 6.53. The van der Waals surface area contributed by atoms with Crippen molar-refractivity contribution < 1.29 is 0 Å². The molecule has 0 amide bonds. The van der Waals surface area contributed by atoms with E-state index in [9.17, 15) is 0 Å². The minimum atomic E-state index is 0.259. The molecule has 0 bridgehead atoms. The van der Waals surface area contributed by atoms with Crippen molar-refractivity contribution in [3.8, 4) is 0 Å². The van der Waals surface area contributed by atoms with Crippen molar-refractivity contribution in [3.63, 3.8) is 0 Å². The summed E-state index contributed by atoms with van der Waals surface area (Å²) in [6.07, 6.45) is 2.04. The van der Waals surface area contributed by atoms with Crippen LogP contribution in [-0.2, 0) is 0 Å². The van der Waals surface area contributed by atoms with Crippen LogP contribution in [0.2, 0.25) is 0 Å². The van der Waals surface area contributed by atoms with E-state index in [1.165, 1.54) is 14.5 Å². The summed E-state index contributed by atoms with van der Waals surface area (Å²) >= 11 is 6.79. The van der Waals surface area contributed by atoms with Crippen LogP contribution in [0.25, 0.3) is 4.47 Å². The van der Waals surface area contributed by atoms with Gasteiger partial charge < -0.3 is 0 Å². The summed E-state index contributed by atoms with van der Waals surface area (Å²) in [6.45, 7) is 2.17. The molecule has 2 aromatic rings. The fourth-order valence-electron chi connectivity index (χ4n) is 1.80. The van der Waals surface area contributed by atoms with E-state index < -0.39 is 0 Å². The second-order valence-corrected chi connectivity index (χ2v) is 7.00. The molecule has 2 heteroatoms. The molecule has 2 aromatic carbocycles. The Balaban J connectivity index is 2.33. The van der Waals surface area contributed by atoms with Crippen molar-refractivity contribution in [2.45, 2.75) is 19.8 Å². The fraction of sp³-hybridized carbons (Fsp3) is 0.176. The molecule has 0 unspecified atom stereocenters. The van der Waals surface area contributed by atoms with Gasteiger partial charge in [0.25, 0.3) is 0 Å². The normalized spacial score (nSPS) is 12.1. The Labute approximate surface area is 126 Å². The van der Waals surface area contributed by atoms with Crippen molar-refractivity contribution in [2.75, 3.05) is 0 Å². The van der Waals surface area contributed by atoms with Gasteiger partial charge in [-0.05, 0) is 0 Å². The molecule has 0 saturated heterocycles. The molecule has 0 aliphatic carbocycles. The van der Waals surface area contributed by atoms with E-state index in [0.29, 0.717) is 0 Å². The molecule has 2 rings (SSSR count). The van der Waals surface area contributed by atoms with Gasteiger partial charge in [0, 0.05) is 0 Å². The summed E-state index contributed by atoms with van der Waals surface area (Å²) in [6, 6.07) is 21.1. The van der Waals surface area contributed by atoms with E-state index in [1.807, 2.05) is 6.07 Å². The molecule has 0 heterocycles. The number of halogens is 1. The van der Waals surface area contributed by atoms with Crippen molar-refractivity contribution >= 4 is 35.5 Å². The van der Waals surface area contributed by atoms with E-state index in [2.05, 4.69) is 61.5 Å². The second kappa shape index (κ2) is 7.55. The van der Waals surface area contributed by atoms with Gasteiger partial charge in [0.05, 0.1) is 0 Å². The van der Waals surface area contributed by atoms with Crippen LogP contribution in [0.1, 0.15) is 25.3 Å². The fourth-order valence-corrected chi connectivity index (χ4v) is 4.39. The van der Waals surface area contributed by atoms with E-state index >= 15 is 0 Å². The first-order valence-electron chi connectivity index (χ1n) is 6.48. The zero-order chi connectivity index (χ0) is 13.5. The van der Waals surface area contributed by atoms with Crippen molar-refractivity contribution in [1.29, 1.82) is 0 Å². The van der Waals surface area contributed by atoms with Gasteiger partial charge in [-0.2, -0.15) is 0 Å². The molecular formula is C17H17ClSe. The van der Waals surface area contributed by atoms with E-state index in [0.717, 1.165) is 17.9 Å². The molecule has 0 aliphatic heterocycles. The molecule has 0 aromatic heterocycles. The van der Waals surface area contributed by atoms with Gasteiger partial charge in [0.15, 0.2) is 0 Å². The van der Waals surface area contributed by atoms with E-state index in [-0.39, 0.29) is 15.0 Å². The van der Waals surface area contributed by atoms with Crippen LogP contribution in [0.15, 0.2) is 65.7 Å². The molecule has 0 fully saturated rings. The Morgan fingerprint density at radius 1 is 0.947 bits per heavy atom. The van der Waals surface area contributed by atoms with Crippen LogP contribution in [-0.4, -0.2) is 15.0 Å². The zero-order valence-corrected chi connectivity index (χ0v) is 13.4. The number of benzene rings is 2. The minimum absolute atomic E-state index is 0.259. The van der Waals surface area contributed by atoms with Gasteiger partial charge in [-0.25, -0.2) is 0 Å². The predicted molar refractivity (Wildman–Crippen MR) is 86.0 cm³/mol. The predicted octanol–water partition coefficient (Wildman–Crippen LogP) is 4.42. The van der Waals surface area contributed by atoms with Gasteiger partial charge in [0.2, 0.25) is 0 Å². The summed E-state index contributed by atoms with van der Waals surface area (Å²) in [4.78, 5) is 0. The van der Waals surface area contributed by atoms with Gasteiger partial charge in [-0.1, -0.05) is 0 Å².